The monoisotopic (exact) mass is 408 g/mol. The van der Waals surface area contributed by atoms with Crippen LogP contribution >= 0.6 is 23.5 Å². The molecule has 1 fully saturated rings. The molecule has 2 aromatic rings. The fraction of sp³-hybridized carbons (Fsp3) is 0.400. The van der Waals surface area contributed by atoms with E-state index in [4.69, 9.17) is 5.73 Å². The number of hydrogen-bond donors (Lipinski definition) is 3. The van der Waals surface area contributed by atoms with Crippen molar-refractivity contribution in [3.63, 3.8) is 0 Å². The number of carboxylic acid groups (broad SMARTS) is 1. The first-order chi connectivity index (χ1) is 12.9. The molecule has 2 atom stereocenters. The average molecular weight is 408 g/mol. The molecule has 4 rings (SSSR count). The Kier molecular flexibility index (Phi) is 4.58. The van der Waals surface area contributed by atoms with E-state index in [0.717, 1.165) is 10.7 Å². The van der Waals surface area contributed by atoms with Crippen LogP contribution in [0.1, 0.15) is 11.5 Å². The van der Waals surface area contributed by atoms with Crippen LogP contribution in [0.2, 0.25) is 0 Å². The lowest BCUT2D eigenvalue weighted by Crippen LogP contribution is -2.68. The van der Waals surface area contributed by atoms with Gasteiger partial charge in [-0.25, -0.2) is 9.78 Å². The third-order valence-corrected chi connectivity index (χ3v) is 6.72. The van der Waals surface area contributed by atoms with Crippen molar-refractivity contribution in [2.24, 2.45) is 5.73 Å². The predicted molar refractivity (Wildman–Crippen MR) is 97.9 cm³/mol. The number of fused-ring (bicyclic) bond motifs is 2. The van der Waals surface area contributed by atoms with Gasteiger partial charge in [-0.3, -0.25) is 9.69 Å². The Morgan fingerprint density at radius 3 is 2.96 bits per heavy atom. The van der Waals surface area contributed by atoms with Gasteiger partial charge in [0.25, 0.3) is 5.78 Å². The number of aliphatic hydroxyl groups is 1. The van der Waals surface area contributed by atoms with Crippen molar-refractivity contribution < 1.29 is 19.8 Å². The van der Waals surface area contributed by atoms with Crippen LogP contribution in [0.4, 0.5) is 0 Å². The molecule has 12 heteroatoms. The maximum absolute atomic E-state index is 12.0. The molecular weight excluding hydrogens is 392 g/mol. The highest BCUT2D eigenvalue weighted by molar-refractivity contribution is 8.01. The van der Waals surface area contributed by atoms with E-state index in [9.17, 15) is 19.8 Å². The molecule has 2 aliphatic rings. The first-order valence-electron chi connectivity index (χ1n) is 8.03. The number of aromatic nitrogens is 4. The zero-order chi connectivity index (χ0) is 19.3. The molecule has 2 aliphatic heterocycles. The minimum atomic E-state index is -1.13. The average Bonchev–Trinajstić information content (AvgIpc) is 3.07. The lowest BCUT2D eigenvalue weighted by molar-refractivity contribution is -0.147. The Hall–Kier alpha value is -2.15. The van der Waals surface area contributed by atoms with E-state index < -0.39 is 12.0 Å². The number of carbonyl (C=O) groups excluding carboxylic acids is 1. The van der Waals surface area contributed by atoms with Crippen LogP contribution in [0.5, 0.6) is 0 Å². The molecule has 0 radical (unpaired) electrons. The molecule has 1 amide bonds. The number of nitrogens with two attached hydrogens (primary N) is 1. The number of aliphatic carboxylic acids is 1. The summed E-state index contributed by atoms with van der Waals surface area (Å²) in [7, 11) is 0. The molecule has 0 aromatic carbocycles. The summed E-state index contributed by atoms with van der Waals surface area (Å²) in [4.78, 5) is 33.5. The van der Waals surface area contributed by atoms with Crippen molar-refractivity contribution >= 4 is 41.2 Å². The quantitative estimate of drug-likeness (QED) is 0.339. The maximum atomic E-state index is 12.0. The van der Waals surface area contributed by atoms with Gasteiger partial charge >= 0.3 is 5.97 Å². The summed E-state index contributed by atoms with van der Waals surface area (Å²) >= 11 is 2.85. The molecule has 142 valence electrons. The lowest BCUT2D eigenvalue weighted by Gasteiger charge is -2.48. The summed E-state index contributed by atoms with van der Waals surface area (Å²) in [6.07, 6.45) is 0. The summed E-state index contributed by atoms with van der Waals surface area (Å²) in [5.74, 6) is -0.00236. The van der Waals surface area contributed by atoms with Crippen LogP contribution in [0.3, 0.4) is 0 Å². The smallest absolute Gasteiger partial charge is 0.352 e. The molecule has 0 bridgehead atoms. The largest absolute Gasteiger partial charge is 0.477 e. The Morgan fingerprint density at radius 2 is 2.26 bits per heavy atom. The van der Waals surface area contributed by atoms with Crippen LogP contribution in [0, 0.1) is 6.92 Å². The van der Waals surface area contributed by atoms with E-state index in [1.54, 1.807) is 0 Å². The highest BCUT2D eigenvalue weighted by Crippen LogP contribution is 2.40. The Morgan fingerprint density at radius 1 is 1.48 bits per heavy atom. The highest BCUT2D eigenvalue weighted by atomic mass is 32.2. The van der Waals surface area contributed by atoms with E-state index in [1.807, 2.05) is 13.0 Å². The molecular formula is C15H16N6O4S2. The van der Waals surface area contributed by atoms with Gasteiger partial charge in [-0.05, 0) is 18.6 Å². The number of carboxylic acids is 1. The van der Waals surface area contributed by atoms with Crippen molar-refractivity contribution in [2.45, 2.75) is 30.0 Å². The maximum Gasteiger partial charge on any atom is 0.352 e. The van der Waals surface area contributed by atoms with E-state index in [1.165, 1.54) is 32.9 Å². The molecule has 2 aromatic heterocycles. The third kappa shape index (κ3) is 2.98. The summed E-state index contributed by atoms with van der Waals surface area (Å²) < 4.78 is 1.52. The number of β-lactam (4-membered cyclic amide) rings is 1. The van der Waals surface area contributed by atoms with Gasteiger partial charge in [0.1, 0.15) is 28.7 Å². The minimum absolute atomic E-state index is 0.0228. The zero-order valence-electron chi connectivity index (χ0n) is 14.2. The van der Waals surface area contributed by atoms with Crippen molar-refractivity contribution in [1.82, 2.24) is 24.5 Å². The number of rotatable bonds is 5. The van der Waals surface area contributed by atoms with E-state index in [2.05, 4.69) is 15.1 Å². The first kappa shape index (κ1) is 18.2. The van der Waals surface area contributed by atoms with Crippen molar-refractivity contribution in [3.8, 4) is 0 Å². The topological polar surface area (TPSA) is 147 Å². The van der Waals surface area contributed by atoms with E-state index in [-0.39, 0.29) is 29.4 Å². The van der Waals surface area contributed by atoms with Gasteiger partial charge in [-0.1, -0.05) is 0 Å². The molecule has 4 heterocycles. The lowest BCUT2D eigenvalue weighted by atomic mass is 10.0. The Bertz CT molecular complexity index is 990. The second kappa shape index (κ2) is 6.78. The summed E-state index contributed by atoms with van der Waals surface area (Å²) in [5, 5.41) is 23.5. The number of carbonyl (C=O) groups is 2. The molecule has 4 N–H and O–H groups in total. The molecule has 27 heavy (non-hydrogen) atoms. The molecule has 0 spiro atoms. The highest BCUT2D eigenvalue weighted by Gasteiger charge is 2.51. The standard InChI is InChI=1S/C15H16N6O4S2/c1-6-2-9(21-15(17-6)18-8(3-22)19-21)26-4-7-5-27-13-10(16)12(23)20(13)11(7)14(24)25/h2,10,13,22H,3-5,16H2,1H3,(H,24,25). The van der Waals surface area contributed by atoms with Gasteiger partial charge < -0.3 is 15.9 Å². The van der Waals surface area contributed by atoms with Gasteiger partial charge in [-0.15, -0.1) is 28.6 Å². The normalized spacial score (nSPS) is 22.2. The fourth-order valence-corrected chi connectivity index (χ4v) is 5.50. The van der Waals surface area contributed by atoms with Gasteiger partial charge in [0, 0.05) is 17.2 Å². The summed E-state index contributed by atoms with van der Waals surface area (Å²) in [5.41, 5.74) is 7.17. The van der Waals surface area contributed by atoms with E-state index in [0.29, 0.717) is 22.9 Å². The zero-order valence-corrected chi connectivity index (χ0v) is 15.8. The summed E-state index contributed by atoms with van der Waals surface area (Å²) in [6.45, 7) is 1.52. The van der Waals surface area contributed by atoms with Crippen molar-refractivity contribution in [3.05, 3.63) is 28.9 Å². The van der Waals surface area contributed by atoms with Gasteiger partial charge in [-0.2, -0.15) is 9.50 Å². The van der Waals surface area contributed by atoms with Crippen molar-refractivity contribution in [1.29, 1.82) is 0 Å². The summed E-state index contributed by atoms with van der Waals surface area (Å²) in [6, 6.07) is 1.17. The number of hydrogen-bond acceptors (Lipinski definition) is 9. The fourth-order valence-electron chi connectivity index (χ4n) is 3.02. The minimum Gasteiger partial charge on any atom is -0.477 e. The number of amides is 1. The Balaban J connectivity index is 1.64. The van der Waals surface area contributed by atoms with Gasteiger partial charge in [0.05, 0.1) is 0 Å². The van der Waals surface area contributed by atoms with Crippen LogP contribution in [-0.2, 0) is 16.2 Å². The first-order valence-corrected chi connectivity index (χ1v) is 10.1. The SMILES string of the molecule is Cc1cc(SCC2=C(C(=O)O)N3C(=O)C(N)C3SC2)n2nc(CO)nc2n1. The van der Waals surface area contributed by atoms with Crippen LogP contribution in [0.25, 0.3) is 5.78 Å². The third-order valence-electron chi connectivity index (χ3n) is 4.28. The molecule has 0 saturated carbocycles. The molecule has 1 saturated heterocycles. The number of nitrogens with zero attached hydrogens (tertiary/aromatic N) is 5. The second-order valence-electron chi connectivity index (χ2n) is 6.12. The van der Waals surface area contributed by atoms with Gasteiger partial charge in [0.2, 0.25) is 5.91 Å². The van der Waals surface area contributed by atoms with E-state index >= 15 is 0 Å². The van der Waals surface area contributed by atoms with Crippen molar-refractivity contribution in [2.75, 3.05) is 11.5 Å². The van der Waals surface area contributed by atoms with Gasteiger partial charge in [0.15, 0.2) is 5.82 Å². The number of aryl methyl sites for hydroxylation is 1. The second-order valence-corrected chi connectivity index (χ2v) is 8.22. The number of aliphatic hydroxyl groups excluding tert-OH is 1. The number of thioether (sulfide) groups is 2. The van der Waals surface area contributed by atoms with Crippen LogP contribution in [0.15, 0.2) is 22.4 Å². The molecule has 10 nitrogen and oxygen atoms in total. The predicted octanol–water partition coefficient (Wildman–Crippen LogP) is -0.402. The van der Waals surface area contributed by atoms with Crippen LogP contribution < -0.4 is 5.73 Å². The molecule has 0 aliphatic carbocycles. The Labute approximate surface area is 161 Å². The molecule has 2 unspecified atom stereocenters. The van der Waals surface area contributed by atoms with Crippen LogP contribution in [-0.4, -0.2) is 69.5 Å².